The van der Waals surface area contributed by atoms with Gasteiger partial charge in [-0.3, -0.25) is 0 Å². The van der Waals surface area contributed by atoms with E-state index in [1.807, 2.05) is 24.3 Å². The Kier molecular flexibility index (Phi) is 3.39. The summed E-state index contributed by atoms with van der Waals surface area (Å²) < 4.78 is 1.13. The predicted octanol–water partition coefficient (Wildman–Crippen LogP) is 4.19. The number of carbonyl (C=O) groups is 1. The molecular weight excluding hydrogens is 391 g/mol. The molecule has 0 aliphatic rings. The molecule has 0 aliphatic carbocycles. The average molecular weight is 399 g/mol. The number of aromatic nitrogens is 2. The van der Waals surface area contributed by atoms with Crippen LogP contribution in [0.5, 0.6) is 0 Å². The molecule has 1 aromatic heterocycles. The Morgan fingerprint density at radius 2 is 1.95 bits per heavy atom. The van der Waals surface area contributed by atoms with Crippen molar-refractivity contribution in [1.29, 1.82) is 0 Å². The molecule has 20 heavy (non-hydrogen) atoms. The quantitative estimate of drug-likeness (QED) is 0.636. The number of carboxylic acid groups (broad SMARTS) is 1. The molecular formula is C14H8ClIN2O2. The number of rotatable bonds is 2. The van der Waals surface area contributed by atoms with Gasteiger partial charge in [0.25, 0.3) is 0 Å². The van der Waals surface area contributed by atoms with Crippen molar-refractivity contribution < 1.29 is 9.90 Å². The summed E-state index contributed by atoms with van der Waals surface area (Å²) in [5.41, 5.74) is 2.25. The molecule has 2 N–H and O–H groups in total. The largest absolute Gasteiger partial charge is 0.478 e. The van der Waals surface area contributed by atoms with E-state index >= 15 is 0 Å². The van der Waals surface area contributed by atoms with Crippen LogP contribution in [-0.4, -0.2) is 21.0 Å². The highest BCUT2D eigenvalue weighted by Gasteiger charge is 2.12. The molecule has 0 fully saturated rings. The van der Waals surface area contributed by atoms with Crippen molar-refractivity contribution in [2.24, 2.45) is 0 Å². The van der Waals surface area contributed by atoms with Gasteiger partial charge in [0.05, 0.1) is 16.1 Å². The van der Waals surface area contributed by atoms with Gasteiger partial charge in [0, 0.05) is 9.13 Å². The lowest BCUT2D eigenvalue weighted by Crippen LogP contribution is -1.95. The molecule has 0 radical (unpaired) electrons. The zero-order valence-electron chi connectivity index (χ0n) is 10.0. The molecule has 3 rings (SSSR count). The second kappa shape index (κ2) is 5.06. The van der Waals surface area contributed by atoms with Crippen LogP contribution in [0.4, 0.5) is 0 Å². The number of halogens is 2. The summed E-state index contributed by atoms with van der Waals surface area (Å²) in [6, 6.07) is 10.8. The highest BCUT2D eigenvalue weighted by atomic mass is 127. The number of nitrogens with one attached hydrogen (secondary N) is 1. The van der Waals surface area contributed by atoms with Crippen molar-refractivity contribution in [3.05, 3.63) is 50.6 Å². The van der Waals surface area contributed by atoms with Gasteiger partial charge in [0.1, 0.15) is 11.3 Å². The zero-order valence-corrected chi connectivity index (χ0v) is 12.9. The van der Waals surface area contributed by atoms with Gasteiger partial charge in [-0.1, -0.05) is 23.7 Å². The van der Waals surface area contributed by atoms with Gasteiger partial charge in [0.2, 0.25) is 0 Å². The number of hydrogen-bond donors (Lipinski definition) is 2. The van der Waals surface area contributed by atoms with Crippen LogP contribution in [0.15, 0.2) is 36.4 Å². The second-order valence-electron chi connectivity index (χ2n) is 4.25. The minimum absolute atomic E-state index is 0.139. The lowest BCUT2D eigenvalue weighted by Gasteiger charge is -1.96. The number of aromatic carboxylic acids is 1. The number of hydrogen-bond acceptors (Lipinski definition) is 2. The molecule has 4 nitrogen and oxygen atoms in total. The van der Waals surface area contributed by atoms with Gasteiger partial charge >= 0.3 is 5.97 Å². The Bertz CT molecular complexity index is 812. The van der Waals surface area contributed by atoms with E-state index in [2.05, 4.69) is 32.6 Å². The average Bonchev–Trinajstić information content (AvgIpc) is 2.84. The van der Waals surface area contributed by atoms with E-state index in [-0.39, 0.29) is 5.56 Å². The molecule has 1 heterocycles. The maximum atomic E-state index is 11.0. The number of fused-ring (bicyclic) bond motifs is 1. The third kappa shape index (κ3) is 2.38. The van der Waals surface area contributed by atoms with E-state index in [0.717, 1.165) is 9.13 Å². The Morgan fingerprint density at radius 3 is 2.60 bits per heavy atom. The van der Waals surface area contributed by atoms with E-state index in [9.17, 15) is 4.79 Å². The number of H-pyrrole nitrogens is 1. The molecule has 0 bridgehead atoms. The van der Waals surface area contributed by atoms with Gasteiger partial charge in [0.15, 0.2) is 0 Å². The number of aromatic amines is 1. The van der Waals surface area contributed by atoms with Crippen molar-refractivity contribution in [3.63, 3.8) is 0 Å². The summed E-state index contributed by atoms with van der Waals surface area (Å²) in [6.07, 6.45) is 0. The smallest absolute Gasteiger partial charge is 0.335 e. The van der Waals surface area contributed by atoms with Crippen molar-refractivity contribution in [2.75, 3.05) is 0 Å². The molecule has 0 aliphatic heterocycles. The Balaban J connectivity index is 2.17. The molecule has 6 heteroatoms. The first-order chi connectivity index (χ1) is 9.54. The topological polar surface area (TPSA) is 66.0 Å². The fraction of sp³-hybridized carbons (Fsp3) is 0. The molecule has 0 saturated carbocycles. The van der Waals surface area contributed by atoms with Gasteiger partial charge < -0.3 is 10.1 Å². The highest BCUT2D eigenvalue weighted by Crippen LogP contribution is 2.27. The first kappa shape index (κ1) is 13.4. The molecule has 3 aromatic rings. The first-order valence-electron chi connectivity index (χ1n) is 5.73. The summed E-state index contributed by atoms with van der Waals surface area (Å²) in [6.45, 7) is 0. The van der Waals surface area contributed by atoms with Crippen LogP contribution in [-0.2, 0) is 0 Å². The molecule has 2 aromatic carbocycles. The SMILES string of the molecule is O=C(O)c1cc(Cl)c2nc(-c3ccc(I)cc3)[nH]c2c1. The van der Waals surface area contributed by atoms with Crippen molar-refractivity contribution in [2.45, 2.75) is 0 Å². The zero-order chi connectivity index (χ0) is 14.3. The molecule has 0 atom stereocenters. The highest BCUT2D eigenvalue weighted by molar-refractivity contribution is 14.1. The van der Waals surface area contributed by atoms with E-state index < -0.39 is 5.97 Å². The monoisotopic (exact) mass is 398 g/mol. The summed E-state index contributed by atoms with van der Waals surface area (Å²) in [5, 5.41) is 9.36. The molecule has 100 valence electrons. The third-order valence-electron chi connectivity index (χ3n) is 2.90. The number of carboxylic acids is 1. The normalized spacial score (nSPS) is 10.9. The fourth-order valence-electron chi connectivity index (χ4n) is 1.94. The van der Waals surface area contributed by atoms with Gasteiger partial charge in [-0.05, 0) is 46.9 Å². The Hall–Kier alpha value is -1.60. The van der Waals surface area contributed by atoms with Crippen molar-refractivity contribution in [1.82, 2.24) is 9.97 Å². The van der Waals surface area contributed by atoms with E-state index in [4.69, 9.17) is 16.7 Å². The summed E-state index contributed by atoms with van der Waals surface area (Å²) in [5.74, 6) is -0.347. The number of imidazole rings is 1. The van der Waals surface area contributed by atoms with Crippen molar-refractivity contribution >= 4 is 51.2 Å². The number of benzene rings is 2. The van der Waals surface area contributed by atoms with Crippen LogP contribution in [0.1, 0.15) is 10.4 Å². The second-order valence-corrected chi connectivity index (χ2v) is 5.90. The van der Waals surface area contributed by atoms with Crippen LogP contribution in [0.25, 0.3) is 22.4 Å². The fourth-order valence-corrected chi connectivity index (χ4v) is 2.56. The molecule has 0 unspecified atom stereocenters. The van der Waals surface area contributed by atoms with Crippen LogP contribution in [0.3, 0.4) is 0 Å². The molecule has 0 spiro atoms. The van der Waals surface area contributed by atoms with Gasteiger partial charge in [-0.25, -0.2) is 9.78 Å². The van der Waals surface area contributed by atoms with E-state index in [1.165, 1.54) is 12.1 Å². The summed E-state index contributed by atoms with van der Waals surface area (Å²) in [7, 11) is 0. The van der Waals surface area contributed by atoms with Crippen molar-refractivity contribution in [3.8, 4) is 11.4 Å². The predicted molar refractivity (Wildman–Crippen MR) is 86.2 cm³/mol. The minimum atomic E-state index is -1.01. The van der Waals surface area contributed by atoms with E-state index in [0.29, 0.717) is 21.9 Å². The lowest BCUT2D eigenvalue weighted by molar-refractivity contribution is 0.0697. The minimum Gasteiger partial charge on any atom is -0.478 e. The van der Waals surface area contributed by atoms with Crippen LogP contribution < -0.4 is 0 Å². The summed E-state index contributed by atoms with van der Waals surface area (Å²) >= 11 is 8.32. The van der Waals surface area contributed by atoms with Gasteiger partial charge in [-0.2, -0.15) is 0 Å². The number of nitrogens with zero attached hydrogens (tertiary/aromatic N) is 1. The summed E-state index contributed by atoms with van der Waals surface area (Å²) in [4.78, 5) is 18.6. The van der Waals surface area contributed by atoms with Crippen LogP contribution >= 0.6 is 34.2 Å². The van der Waals surface area contributed by atoms with Gasteiger partial charge in [-0.15, -0.1) is 0 Å². The third-order valence-corrected chi connectivity index (χ3v) is 3.91. The van der Waals surface area contributed by atoms with Crippen LogP contribution in [0, 0.1) is 3.57 Å². The maximum Gasteiger partial charge on any atom is 0.335 e. The lowest BCUT2D eigenvalue weighted by atomic mass is 10.2. The Labute approximate surface area is 132 Å². The maximum absolute atomic E-state index is 11.0. The van der Waals surface area contributed by atoms with E-state index in [1.54, 1.807) is 0 Å². The molecule has 0 saturated heterocycles. The molecule has 0 amide bonds. The first-order valence-corrected chi connectivity index (χ1v) is 7.19. The standard InChI is InChI=1S/C14H8ClIN2O2/c15-10-5-8(14(19)20)6-11-12(10)18-13(17-11)7-1-3-9(16)4-2-7/h1-6H,(H,17,18)(H,19,20). The van der Waals surface area contributed by atoms with Crippen LogP contribution in [0.2, 0.25) is 5.02 Å². The Morgan fingerprint density at radius 1 is 1.25 bits per heavy atom.